The molecule has 0 fully saturated rings. The van der Waals surface area contributed by atoms with Crippen LogP contribution in [0.15, 0.2) is 29.6 Å². The fourth-order valence-corrected chi connectivity index (χ4v) is 3.32. The zero-order valence-corrected chi connectivity index (χ0v) is 13.7. The van der Waals surface area contributed by atoms with Gasteiger partial charge in [0.2, 0.25) is 0 Å². The molecule has 1 aromatic heterocycles. The first-order valence-electron chi connectivity index (χ1n) is 6.91. The Morgan fingerprint density at radius 3 is 2.57 bits per heavy atom. The molecular weight excluding hydrogens is 306 g/mol. The van der Waals surface area contributed by atoms with Gasteiger partial charge >= 0.3 is 6.09 Å². The Morgan fingerprint density at radius 1 is 1.24 bits per heavy atom. The molecule has 2 rings (SSSR count). The highest BCUT2D eigenvalue weighted by atomic mass is 35.5. The van der Waals surface area contributed by atoms with Gasteiger partial charge in [0.1, 0.15) is 11.6 Å². The normalized spacial score (nSPS) is 10.4. The van der Waals surface area contributed by atoms with E-state index in [4.69, 9.17) is 16.3 Å². The number of anilines is 1. The highest BCUT2D eigenvalue weighted by Gasteiger charge is 2.12. The van der Waals surface area contributed by atoms with Crippen LogP contribution in [0.5, 0.6) is 0 Å². The lowest BCUT2D eigenvalue weighted by molar-refractivity contribution is 0.155. The van der Waals surface area contributed by atoms with E-state index in [0.717, 1.165) is 23.4 Å². The zero-order chi connectivity index (χ0) is 15.2. The van der Waals surface area contributed by atoms with Gasteiger partial charge in [0, 0.05) is 5.02 Å². The third-order valence-electron chi connectivity index (χ3n) is 3.21. The monoisotopic (exact) mass is 323 g/mol. The van der Waals surface area contributed by atoms with E-state index in [-0.39, 0.29) is 6.61 Å². The van der Waals surface area contributed by atoms with Crippen molar-refractivity contribution in [3.63, 3.8) is 0 Å². The highest BCUT2D eigenvalue weighted by Crippen LogP contribution is 2.29. The first kappa shape index (κ1) is 15.9. The van der Waals surface area contributed by atoms with E-state index in [0.29, 0.717) is 5.02 Å². The topological polar surface area (TPSA) is 38.3 Å². The van der Waals surface area contributed by atoms with Crippen LogP contribution in [0.25, 0.3) is 0 Å². The van der Waals surface area contributed by atoms with Crippen LogP contribution in [-0.4, -0.2) is 6.09 Å². The molecule has 0 aliphatic rings. The molecule has 1 amide bonds. The molecule has 0 aliphatic carbocycles. The van der Waals surface area contributed by atoms with Crippen molar-refractivity contribution >= 4 is 34.0 Å². The SMILES string of the molecule is CCc1csc(NC(=O)OCc2ccc(Cl)cc2)c1CC. The van der Waals surface area contributed by atoms with Crippen molar-refractivity contribution < 1.29 is 9.53 Å². The lowest BCUT2D eigenvalue weighted by Gasteiger charge is -2.08. The molecule has 21 heavy (non-hydrogen) atoms. The maximum absolute atomic E-state index is 11.9. The van der Waals surface area contributed by atoms with E-state index in [1.165, 1.54) is 11.1 Å². The van der Waals surface area contributed by atoms with Gasteiger partial charge in [-0.15, -0.1) is 11.3 Å². The van der Waals surface area contributed by atoms with Crippen LogP contribution < -0.4 is 5.32 Å². The summed E-state index contributed by atoms with van der Waals surface area (Å²) < 4.78 is 5.23. The summed E-state index contributed by atoms with van der Waals surface area (Å²) in [5.41, 5.74) is 3.40. The molecule has 0 aliphatic heterocycles. The van der Waals surface area contributed by atoms with Gasteiger partial charge in [-0.1, -0.05) is 37.6 Å². The summed E-state index contributed by atoms with van der Waals surface area (Å²) in [6.45, 7) is 4.44. The van der Waals surface area contributed by atoms with Gasteiger partial charge in [-0.25, -0.2) is 4.79 Å². The molecule has 0 saturated carbocycles. The molecule has 1 N–H and O–H groups in total. The van der Waals surface area contributed by atoms with E-state index < -0.39 is 6.09 Å². The second-order valence-corrected chi connectivity index (χ2v) is 5.92. The molecule has 0 spiro atoms. The van der Waals surface area contributed by atoms with Crippen molar-refractivity contribution in [2.75, 3.05) is 5.32 Å². The van der Waals surface area contributed by atoms with E-state index >= 15 is 0 Å². The summed E-state index contributed by atoms with van der Waals surface area (Å²) in [5, 5.41) is 6.47. The summed E-state index contributed by atoms with van der Waals surface area (Å²) in [4.78, 5) is 11.9. The summed E-state index contributed by atoms with van der Waals surface area (Å²) in [5.74, 6) is 0. The van der Waals surface area contributed by atoms with Crippen LogP contribution in [0.3, 0.4) is 0 Å². The number of hydrogen-bond acceptors (Lipinski definition) is 3. The Balaban J connectivity index is 1.92. The standard InChI is InChI=1S/C16H18ClNO2S/c1-3-12-10-21-15(14(12)4-2)18-16(19)20-9-11-5-7-13(17)8-6-11/h5-8,10H,3-4,9H2,1-2H3,(H,18,19). The van der Waals surface area contributed by atoms with Crippen molar-refractivity contribution in [2.45, 2.75) is 33.3 Å². The molecule has 0 bridgehead atoms. The van der Waals surface area contributed by atoms with Crippen LogP contribution in [0.2, 0.25) is 5.02 Å². The number of amides is 1. The minimum atomic E-state index is -0.427. The average molecular weight is 324 g/mol. The van der Waals surface area contributed by atoms with Gasteiger partial charge in [-0.3, -0.25) is 5.32 Å². The third-order valence-corrected chi connectivity index (χ3v) is 4.45. The fourth-order valence-electron chi connectivity index (χ4n) is 2.07. The van der Waals surface area contributed by atoms with E-state index in [2.05, 4.69) is 24.5 Å². The van der Waals surface area contributed by atoms with Gasteiger partial charge in [0.25, 0.3) is 0 Å². The lowest BCUT2D eigenvalue weighted by atomic mass is 10.1. The Kier molecular flexibility index (Phi) is 5.65. The van der Waals surface area contributed by atoms with Gasteiger partial charge in [-0.2, -0.15) is 0 Å². The van der Waals surface area contributed by atoms with Crippen LogP contribution in [0, 0.1) is 0 Å². The van der Waals surface area contributed by atoms with Crippen LogP contribution in [-0.2, 0) is 24.2 Å². The summed E-state index contributed by atoms with van der Waals surface area (Å²) in [7, 11) is 0. The first-order valence-corrected chi connectivity index (χ1v) is 8.17. The third kappa shape index (κ3) is 4.22. The quantitative estimate of drug-likeness (QED) is 0.813. The van der Waals surface area contributed by atoms with Gasteiger partial charge < -0.3 is 4.74 Å². The van der Waals surface area contributed by atoms with Gasteiger partial charge in [-0.05, 0) is 47.0 Å². The van der Waals surface area contributed by atoms with E-state index in [9.17, 15) is 4.79 Å². The predicted molar refractivity (Wildman–Crippen MR) is 88.3 cm³/mol. The minimum Gasteiger partial charge on any atom is -0.444 e. The lowest BCUT2D eigenvalue weighted by Crippen LogP contribution is -2.13. The molecular formula is C16H18ClNO2S. The number of thiophene rings is 1. The van der Waals surface area contributed by atoms with Crippen molar-refractivity contribution in [1.29, 1.82) is 0 Å². The Bertz CT molecular complexity index is 607. The molecule has 0 unspecified atom stereocenters. The molecule has 3 nitrogen and oxygen atoms in total. The highest BCUT2D eigenvalue weighted by molar-refractivity contribution is 7.14. The smallest absolute Gasteiger partial charge is 0.412 e. The van der Waals surface area contributed by atoms with Crippen LogP contribution >= 0.6 is 22.9 Å². The van der Waals surface area contributed by atoms with Crippen LogP contribution in [0.1, 0.15) is 30.5 Å². The number of rotatable bonds is 5. The van der Waals surface area contributed by atoms with Crippen molar-refractivity contribution in [3.05, 3.63) is 51.4 Å². The van der Waals surface area contributed by atoms with Gasteiger partial charge in [0.05, 0.1) is 0 Å². The predicted octanol–water partition coefficient (Wildman–Crippen LogP) is 5.28. The Morgan fingerprint density at radius 2 is 1.95 bits per heavy atom. The molecule has 1 aromatic carbocycles. The van der Waals surface area contributed by atoms with Crippen molar-refractivity contribution in [3.8, 4) is 0 Å². The number of carbonyl (C=O) groups excluding carboxylic acids is 1. The number of nitrogens with one attached hydrogen (secondary N) is 1. The molecule has 1 heterocycles. The van der Waals surface area contributed by atoms with Crippen molar-refractivity contribution in [2.24, 2.45) is 0 Å². The van der Waals surface area contributed by atoms with Crippen molar-refractivity contribution in [1.82, 2.24) is 0 Å². The number of halogens is 1. The van der Waals surface area contributed by atoms with E-state index in [1.807, 2.05) is 12.1 Å². The summed E-state index contributed by atoms with van der Waals surface area (Å²) in [6.07, 6.45) is 1.45. The largest absolute Gasteiger partial charge is 0.444 e. The Hall–Kier alpha value is -1.52. The molecule has 0 radical (unpaired) electrons. The number of ether oxygens (including phenoxy) is 1. The molecule has 0 atom stereocenters. The zero-order valence-electron chi connectivity index (χ0n) is 12.1. The van der Waals surface area contributed by atoms with E-state index in [1.54, 1.807) is 23.5 Å². The number of carbonyl (C=O) groups is 1. The summed E-state index contributed by atoms with van der Waals surface area (Å²) in [6, 6.07) is 7.24. The molecule has 112 valence electrons. The van der Waals surface area contributed by atoms with Crippen LogP contribution in [0.4, 0.5) is 9.80 Å². The minimum absolute atomic E-state index is 0.233. The second kappa shape index (κ2) is 7.48. The average Bonchev–Trinajstić information content (AvgIpc) is 2.88. The second-order valence-electron chi connectivity index (χ2n) is 4.60. The number of benzene rings is 1. The first-order chi connectivity index (χ1) is 10.1. The molecule has 0 saturated heterocycles. The Labute approximate surface area is 133 Å². The number of aryl methyl sites for hydroxylation is 1. The molecule has 5 heteroatoms. The molecule has 2 aromatic rings. The fraction of sp³-hybridized carbons (Fsp3) is 0.312. The summed E-state index contributed by atoms with van der Waals surface area (Å²) >= 11 is 7.36. The van der Waals surface area contributed by atoms with Gasteiger partial charge in [0.15, 0.2) is 0 Å². The maximum Gasteiger partial charge on any atom is 0.412 e. The maximum atomic E-state index is 11.9. The number of hydrogen-bond donors (Lipinski definition) is 1.